The topological polar surface area (TPSA) is 78.0 Å². The SMILES string of the molecule is CCC(CC)CC(NCc1ccoc1)c1nnnn1CCOC. The van der Waals surface area contributed by atoms with Gasteiger partial charge in [0, 0.05) is 19.2 Å². The van der Waals surface area contributed by atoms with E-state index in [0.29, 0.717) is 19.1 Å². The Hall–Kier alpha value is -1.73. The van der Waals surface area contributed by atoms with Crippen LogP contribution in [0.15, 0.2) is 23.0 Å². The van der Waals surface area contributed by atoms with Crippen molar-refractivity contribution in [2.75, 3.05) is 13.7 Å². The van der Waals surface area contributed by atoms with Crippen molar-refractivity contribution in [3.05, 3.63) is 30.0 Å². The Morgan fingerprint density at radius 3 is 2.83 bits per heavy atom. The van der Waals surface area contributed by atoms with Crippen molar-refractivity contribution in [2.45, 2.75) is 52.2 Å². The average molecular weight is 321 g/mol. The van der Waals surface area contributed by atoms with Crippen LogP contribution < -0.4 is 5.32 Å². The molecule has 2 aromatic rings. The molecule has 2 aromatic heterocycles. The summed E-state index contributed by atoms with van der Waals surface area (Å²) in [5.41, 5.74) is 1.12. The van der Waals surface area contributed by atoms with Gasteiger partial charge in [-0.3, -0.25) is 0 Å². The highest BCUT2D eigenvalue weighted by atomic mass is 16.5. The first-order chi connectivity index (χ1) is 11.3. The van der Waals surface area contributed by atoms with Crippen LogP contribution in [0.25, 0.3) is 0 Å². The Kier molecular flexibility index (Phi) is 7.22. The van der Waals surface area contributed by atoms with Crippen LogP contribution in [0.4, 0.5) is 0 Å². The fourth-order valence-corrected chi connectivity index (χ4v) is 2.67. The molecule has 0 saturated carbocycles. The maximum atomic E-state index is 5.14. The standard InChI is InChI=1S/C16H27N5O2/c1-4-13(5-2)10-15(17-11-14-6-8-23-12-14)16-18-19-20-21(16)7-9-22-3/h6,8,12-13,15,17H,4-5,7,9-11H2,1-3H3. The largest absolute Gasteiger partial charge is 0.472 e. The molecule has 1 N–H and O–H groups in total. The van der Waals surface area contributed by atoms with Gasteiger partial charge in [-0.1, -0.05) is 26.7 Å². The van der Waals surface area contributed by atoms with E-state index < -0.39 is 0 Å². The summed E-state index contributed by atoms with van der Waals surface area (Å²) in [6.45, 7) is 6.45. The molecule has 0 spiro atoms. The molecule has 0 fully saturated rings. The van der Waals surface area contributed by atoms with Gasteiger partial charge < -0.3 is 14.5 Å². The molecule has 2 rings (SSSR count). The summed E-state index contributed by atoms with van der Waals surface area (Å²) in [7, 11) is 1.68. The van der Waals surface area contributed by atoms with E-state index in [-0.39, 0.29) is 6.04 Å². The summed E-state index contributed by atoms with van der Waals surface area (Å²) >= 11 is 0. The molecule has 2 heterocycles. The first-order valence-electron chi connectivity index (χ1n) is 8.27. The van der Waals surface area contributed by atoms with Crippen LogP contribution in [-0.2, 0) is 17.8 Å². The first kappa shape index (κ1) is 17.6. The number of furan rings is 1. The highest BCUT2D eigenvalue weighted by molar-refractivity contribution is 5.06. The lowest BCUT2D eigenvalue weighted by Crippen LogP contribution is -2.27. The Balaban J connectivity index is 2.09. The van der Waals surface area contributed by atoms with Gasteiger partial charge in [0.15, 0.2) is 5.82 Å². The van der Waals surface area contributed by atoms with Crippen LogP contribution in [0.1, 0.15) is 50.5 Å². The molecular formula is C16H27N5O2. The van der Waals surface area contributed by atoms with E-state index in [1.54, 1.807) is 19.6 Å². The van der Waals surface area contributed by atoms with Gasteiger partial charge in [-0.15, -0.1) is 5.10 Å². The number of hydrogen-bond donors (Lipinski definition) is 1. The van der Waals surface area contributed by atoms with Gasteiger partial charge in [0.25, 0.3) is 0 Å². The lowest BCUT2D eigenvalue weighted by molar-refractivity contribution is 0.180. The Morgan fingerprint density at radius 2 is 2.17 bits per heavy atom. The third-order valence-electron chi connectivity index (χ3n) is 4.23. The molecule has 7 nitrogen and oxygen atoms in total. The number of tetrazole rings is 1. The molecule has 0 bridgehead atoms. The van der Waals surface area contributed by atoms with Crippen LogP contribution in [0.5, 0.6) is 0 Å². The maximum absolute atomic E-state index is 5.14. The zero-order chi connectivity index (χ0) is 16.5. The maximum Gasteiger partial charge on any atom is 0.168 e. The van der Waals surface area contributed by atoms with E-state index in [1.807, 2.05) is 10.7 Å². The predicted octanol–water partition coefficient (Wildman–Crippen LogP) is 2.57. The van der Waals surface area contributed by atoms with Crippen molar-refractivity contribution in [1.29, 1.82) is 0 Å². The summed E-state index contributed by atoms with van der Waals surface area (Å²) in [6.07, 6.45) is 6.77. The molecule has 0 aliphatic heterocycles. The second kappa shape index (κ2) is 9.42. The number of nitrogens with zero attached hydrogens (tertiary/aromatic N) is 4. The van der Waals surface area contributed by atoms with Gasteiger partial charge >= 0.3 is 0 Å². The van der Waals surface area contributed by atoms with Gasteiger partial charge in [0.1, 0.15) is 0 Å². The van der Waals surface area contributed by atoms with Gasteiger partial charge in [-0.25, -0.2) is 4.68 Å². The molecule has 0 aromatic carbocycles. The quantitative estimate of drug-likeness (QED) is 0.685. The predicted molar refractivity (Wildman–Crippen MR) is 86.7 cm³/mol. The van der Waals surface area contributed by atoms with Crippen LogP contribution in [0, 0.1) is 5.92 Å². The summed E-state index contributed by atoms with van der Waals surface area (Å²) in [4.78, 5) is 0. The second-order valence-electron chi connectivity index (χ2n) is 5.74. The van der Waals surface area contributed by atoms with Crippen molar-refractivity contribution in [1.82, 2.24) is 25.5 Å². The molecule has 0 amide bonds. The van der Waals surface area contributed by atoms with Gasteiger partial charge in [-0.2, -0.15) is 0 Å². The summed E-state index contributed by atoms with van der Waals surface area (Å²) in [6, 6.07) is 2.08. The van der Waals surface area contributed by atoms with Crippen LogP contribution in [0.3, 0.4) is 0 Å². The lowest BCUT2D eigenvalue weighted by atomic mass is 9.94. The molecule has 0 saturated heterocycles. The van der Waals surface area contributed by atoms with Crippen LogP contribution >= 0.6 is 0 Å². The number of rotatable bonds is 11. The molecular weight excluding hydrogens is 294 g/mol. The van der Waals surface area contributed by atoms with Crippen LogP contribution in [-0.4, -0.2) is 33.9 Å². The van der Waals surface area contributed by atoms with Crippen molar-refractivity contribution in [3.63, 3.8) is 0 Å². The van der Waals surface area contributed by atoms with Crippen molar-refractivity contribution >= 4 is 0 Å². The Bertz CT molecular complexity index is 536. The minimum absolute atomic E-state index is 0.113. The normalized spacial score (nSPS) is 12.9. The summed E-state index contributed by atoms with van der Waals surface area (Å²) in [5.74, 6) is 1.52. The van der Waals surface area contributed by atoms with E-state index in [0.717, 1.165) is 37.2 Å². The highest BCUT2D eigenvalue weighted by Crippen LogP contribution is 2.24. The minimum Gasteiger partial charge on any atom is -0.472 e. The number of hydrogen-bond acceptors (Lipinski definition) is 6. The number of nitrogens with one attached hydrogen (secondary N) is 1. The summed E-state index contributed by atoms with van der Waals surface area (Å²) in [5, 5.41) is 15.8. The monoisotopic (exact) mass is 321 g/mol. The Morgan fingerprint density at radius 1 is 1.35 bits per heavy atom. The Labute approximate surface area is 137 Å². The third kappa shape index (κ3) is 5.14. The minimum atomic E-state index is 0.113. The second-order valence-corrected chi connectivity index (χ2v) is 5.74. The fourth-order valence-electron chi connectivity index (χ4n) is 2.67. The van der Waals surface area contributed by atoms with Gasteiger partial charge in [0.2, 0.25) is 0 Å². The molecule has 1 unspecified atom stereocenters. The molecule has 0 radical (unpaired) electrons. The van der Waals surface area contributed by atoms with Gasteiger partial charge in [0.05, 0.1) is 31.7 Å². The number of ether oxygens (including phenoxy) is 1. The highest BCUT2D eigenvalue weighted by Gasteiger charge is 2.22. The van der Waals surface area contributed by atoms with Crippen molar-refractivity contribution in [2.24, 2.45) is 5.92 Å². The van der Waals surface area contributed by atoms with E-state index in [2.05, 4.69) is 34.7 Å². The number of methoxy groups -OCH3 is 1. The van der Waals surface area contributed by atoms with Crippen molar-refractivity contribution in [3.8, 4) is 0 Å². The average Bonchev–Trinajstić information content (AvgIpc) is 3.25. The van der Waals surface area contributed by atoms with E-state index in [4.69, 9.17) is 9.15 Å². The third-order valence-corrected chi connectivity index (χ3v) is 4.23. The molecule has 7 heteroatoms. The molecule has 0 aliphatic carbocycles. The first-order valence-corrected chi connectivity index (χ1v) is 8.27. The molecule has 128 valence electrons. The van der Waals surface area contributed by atoms with E-state index in [9.17, 15) is 0 Å². The van der Waals surface area contributed by atoms with E-state index >= 15 is 0 Å². The van der Waals surface area contributed by atoms with E-state index in [1.165, 1.54) is 0 Å². The van der Waals surface area contributed by atoms with Gasteiger partial charge in [-0.05, 0) is 28.8 Å². The van der Waals surface area contributed by atoms with Crippen LogP contribution in [0.2, 0.25) is 0 Å². The number of aromatic nitrogens is 4. The fraction of sp³-hybridized carbons (Fsp3) is 0.688. The molecule has 0 aliphatic rings. The summed E-state index contributed by atoms with van der Waals surface area (Å²) < 4.78 is 12.1. The smallest absolute Gasteiger partial charge is 0.168 e. The molecule has 1 atom stereocenters. The molecule has 23 heavy (non-hydrogen) atoms. The lowest BCUT2D eigenvalue weighted by Gasteiger charge is -2.22. The van der Waals surface area contributed by atoms with Crippen molar-refractivity contribution < 1.29 is 9.15 Å². The zero-order valence-corrected chi connectivity index (χ0v) is 14.2. The zero-order valence-electron chi connectivity index (χ0n) is 14.2.